The molecule has 4 nitrogen and oxygen atoms in total. The van der Waals surface area contributed by atoms with E-state index in [0.29, 0.717) is 17.0 Å². The van der Waals surface area contributed by atoms with Gasteiger partial charge in [-0.15, -0.1) is 10.2 Å². The summed E-state index contributed by atoms with van der Waals surface area (Å²) in [7, 11) is 1.80. The Hall–Kier alpha value is -2.82. The lowest BCUT2D eigenvalue weighted by atomic mass is 9.96. The van der Waals surface area contributed by atoms with Crippen LogP contribution in [-0.4, -0.2) is 20.5 Å². The van der Waals surface area contributed by atoms with Crippen LogP contribution in [0.2, 0.25) is 0 Å². The number of hydrogen-bond acceptors (Lipinski definition) is 3. The summed E-state index contributed by atoms with van der Waals surface area (Å²) >= 11 is 0. The average Bonchev–Trinajstić information content (AvgIpc) is 2.93. The molecule has 3 rings (SSSR count). The number of nitrogens with zero attached hydrogens (tertiary/aromatic N) is 3. The number of aryl methyl sites for hydroxylation is 1. The highest BCUT2D eigenvalue weighted by Crippen LogP contribution is 2.31. The van der Waals surface area contributed by atoms with Gasteiger partial charge in [-0.3, -0.25) is 4.79 Å². The molecule has 0 saturated carbocycles. The molecule has 0 aliphatic carbocycles. The molecule has 1 heterocycles. The summed E-state index contributed by atoms with van der Waals surface area (Å²) < 4.78 is 15.4. The quantitative estimate of drug-likeness (QED) is 0.695. The van der Waals surface area contributed by atoms with Gasteiger partial charge in [0.1, 0.15) is 12.1 Å². The molecule has 5 heteroatoms. The van der Waals surface area contributed by atoms with E-state index in [4.69, 9.17) is 0 Å². The van der Waals surface area contributed by atoms with Crippen molar-refractivity contribution in [3.8, 4) is 22.5 Å². The van der Waals surface area contributed by atoms with E-state index in [1.165, 1.54) is 19.1 Å². The maximum Gasteiger partial charge on any atom is 0.164 e. The van der Waals surface area contributed by atoms with Gasteiger partial charge in [-0.25, -0.2) is 4.39 Å². The van der Waals surface area contributed by atoms with E-state index in [-0.39, 0.29) is 11.6 Å². The van der Waals surface area contributed by atoms with Gasteiger partial charge in [-0.1, -0.05) is 24.3 Å². The van der Waals surface area contributed by atoms with Crippen LogP contribution in [0, 0.1) is 5.82 Å². The van der Waals surface area contributed by atoms with Crippen molar-refractivity contribution in [2.75, 3.05) is 0 Å². The molecule has 22 heavy (non-hydrogen) atoms. The zero-order valence-electron chi connectivity index (χ0n) is 12.2. The van der Waals surface area contributed by atoms with E-state index in [1.54, 1.807) is 36.1 Å². The van der Waals surface area contributed by atoms with Crippen LogP contribution in [0.15, 0.2) is 48.8 Å². The molecule has 0 spiro atoms. The first-order valence-electron chi connectivity index (χ1n) is 6.81. The highest BCUT2D eigenvalue weighted by atomic mass is 19.1. The van der Waals surface area contributed by atoms with Crippen LogP contribution >= 0.6 is 0 Å². The Morgan fingerprint density at radius 2 is 1.95 bits per heavy atom. The van der Waals surface area contributed by atoms with Crippen LogP contribution in [0.1, 0.15) is 17.3 Å². The second-order valence-corrected chi connectivity index (χ2v) is 5.09. The number of Topliss-reactive ketones (excluding diaryl/α,β-unsaturated/α-hetero) is 1. The number of benzene rings is 2. The Bertz CT molecular complexity index is 855. The fourth-order valence-electron chi connectivity index (χ4n) is 2.39. The summed E-state index contributed by atoms with van der Waals surface area (Å²) in [6.45, 7) is 1.52. The zero-order valence-corrected chi connectivity index (χ0v) is 12.2. The zero-order chi connectivity index (χ0) is 15.7. The maximum atomic E-state index is 13.7. The SMILES string of the molecule is CC(=O)c1cccc(-c2ccc(F)cc2-c2nncn2C)c1. The minimum atomic E-state index is -0.343. The largest absolute Gasteiger partial charge is 0.317 e. The molecule has 0 atom stereocenters. The van der Waals surface area contributed by atoms with Gasteiger partial charge in [-0.2, -0.15) is 0 Å². The number of halogens is 1. The van der Waals surface area contributed by atoms with Crippen LogP contribution < -0.4 is 0 Å². The lowest BCUT2D eigenvalue weighted by Crippen LogP contribution is -1.96. The third-order valence-electron chi connectivity index (χ3n) is 3.51. The predicted molar refractivity (Wildman–Crippen MR) is 81.8 cm³/mol. The lowest BCUT2D eigenvalue weighted by Gasteiger charge is -2.10. The molecule has 0 saturated heterocycles. The van der Waals surface area contributed by atoms with E-state index < -0.39 is 0 Å². The Kier molecular flexibility index (Phi) is 3.55. The van der Waals surface area contributed by atoms with E-state index >= 15 is 0 Å². The Morgan fingerprint density at radius 3 is 2.64 bits per heavy atom. The summed E-state index contributed by atoms with van der Waals surface area (Å²) in [4.78, 5) is 11.6. The number of rotatable bonds is 3. The first kappa shape index (κ1) is 14.1. The molecule has 0 bridgehead atoms. The van der Waals surface area contributed by atoms with Crippen LogP contribution in [0.25, 0.3) is 22.5 Å². The standard InChI is InChI=1S/C17H14FN3O/c1-11(22)12-4-3-5-13(8-12)15-7-6-14(18)9-16(15)17-20-19-10-21(17)2/h3-10H,1-2H3. The molecule has 0 amide bonds. The fourth-order valence-corrected chi connectivity index (χ4v) is 2.39. The van der Waals surface area contributed by atoms with Crippen molar-refractivity contribution in [1.29, 1.82) is 0 Å². The Balaban J connectivity index is 2.22. The van der Waals surface area contributed by atoms with Crippen molar-refractivity contribution >= 4 is 5.78 Å². The average molecular weight is 295 g/mol. The topological polar surface area (TPSA) is 47.8 Å². The van der Waals surface area contributed by atoms with Gasteiger partial charge in [0.05, 0.1) is 0 Å². The van der Waals surface area contributed by atoms with Crippen LogP contribution in [-0.2, 0) is 7.05 Å². The van der Waals surface area contributed by atoms with E-state index in [2.05, 4.69) is 10.2 Å². The summed E-state index contributed by atoms with van der Waals surface area (Å²) in [6.07, 6.45) is 1.57. The Morgan fingerprint density at radius 1 is 1.14 bits per heavy atom. The molecule has 0 unspecified atom stereocenters. The fraction of sp³-hybridized carbons (Fsp3) is 0.118. The summed E-state index contributed by atoms with van der Waals surface area (Å²) in [5.74, 6) is 0.219. The van der Waals surface area contributed by atoms with Crippen molar-refractivity contribution in [1.82, 2.24) is 14.8 Å². The molecule has 2 aromatic carbocycles. The molecule has 0 fully saturated rings. The van der Waals surface area contributed by atoms with Gasteiger partial charge in [0, 0.05) is 18.2 Å². The molecular weight excluding hydrogens is 281 g/mol. The molecule has 1 aromatic heterocycles. The highest BCUT2D eigenvalue weighted by molar-refractivity contribution is 5.96. The predicted octanol–water partition coefficient (Wildman–Crippen LogP) is 3.49. The molecule has 0 radical (unpaired) electrons. The molecule has 3 aromatic rings. The van der Waals surface area contributed by atoms with Crippen molar-refractivity contribution in [3.63, 3.8) is 0 Å². The number of hydrogen-bond donors (Lipinski definition) is 0. The number of carbonyl (C=O) groups is 1. The molecule has 0 aliphatic heterocycles. The maximum absolute atomic E-state index is 13.7. The lowest BCUT2D eigenvalue weighted by molar-refractivity contribution is 0.101. The number of carbonyl (C=O) groups excluding carboxylic acids is 1. The van der Waals surface area contributed by atoms with Gasteiger partial charge in [0.15, 0.2) is 11.6 Å². The van der Waals surface area contributed by atoms with Crippen molar-refractivity contribution in [2.24, 2.45) is 7.05 Å². The van der Waals surface area contributed by atoms with Crippen molar-refractivity contribution in [3.05, 3.63) is 60.2 Å². The molecule has 110 valence electrons. The normalized spacial score (nSPS) is 10.7. The monoisotopic (exact) mass is 295 g/mol. The Labute approximate surface area is 127 Å². The van der Waals surface area contributed by atoms with Gasteiger partial charge < -0.3 is 4.57 Å². The third-order valence-corrected chi connectivity index (χ3v) is 3.51. The molecular formula is C17H14FN3O. The smallest absolute Gasteiger partial charge is 0.164 e. The minimum absolute atomic E-state index is 0.0100. The van der Waals surface area contributed by atoms with E-state index in [0.717, 1.165) is 11.1 Å². The second-order valence-electron chi connectivity index (χ2n) is 5.09. The first-order chi connectivity index (χ1) is 10.6. The van der Waals surface area contributed by atoms with E-state index in [1.807, 2.05) is 12.1 Å². The van der Waals surface area contributed by atoms with Crippen LogP contribution in [0.5, 0.6) is 0 Å². The second kappa shape index (κ2) is 5.52. The number of aromatic nitrogens is 3. The summed E-state index contributed by atoms with van der Waals surface area (Å²) in [5.41, 5.74) is 2.90. The highest BCUT2D eigenvalue weighted by Gasteiger charge is 2.14. The van der Waals surface area contributed by atoms with Gasteiger partial charge in [0.25, 0.3) is 0 Å². The van der Waals surface area contributed by atoms with Crippen LogP contribution in [0.4, 0.5) is 4.39 Å². The van der Waals surface area contributed by atoms with Gasteiger partial charge in [0.2, 0.25) is 0 Å². The number of ketones is 1. The van der Waals surface area contributed by atoms with Crippen molar-refractivity contribution in [2.45, 2.75) is 6.92 Å². The summed E-state index contributed by atoms with van der Waals surface area (Å²) in [6, 6.07) is 11.8. The van der Waals surface area contributed by atoms with Crippen LogP contribution in [0.3, 0.4) is 0 Å². The molecule has 0 N–H and O–H groups in total. The van der Waals surface area contributed by atoms with Gasteiger partial charge >= 0.3 is 0 Å². The van der Waals surface area contributed by atoms with Gasteiger partial charge in [-0.05, 0) is 36.2 Å². The molecule has 0 aliphatic rings. The summed E-state index contributed by atoms with van der Waals surface area (Å²) in [5, 5.41) is 7.89. The van der Waals surface area contributed by atoms with E-state index in [9.17, 15) is 9.18 Å². The first-order valence-corrected chi connectivity index (χ1v) is 6.81. The van der Waals surface area contributed by atoms with Crippen molar-refractivity contribution < 1.29 is 9.18 Å². The third kappa shape index (κ3) is 2.53. The minimum Gasteiger partial charge on any atom is -0.317 e.